The lowest BCUT2D eigenvalue weighted by molar-refractivity contribution is -0.143. The Balaban J connectivity index is 2.59. The molecule has 0 N–H and O–H groups in total. The van der Waals surface area contributed by atoms with E-state index in [1.54, 1.807) is 6.07 Å². The zero-order valence-electron chi connectivity index (χ0n) is 10.6. The second-order valence-corrected chi connectivity index (χ2v) is 3.95. The number of nitriles is 1. The zero-order valence-corrected chi connectivity index (χ0v) is 10.6. The van der Waals surface area contributed by atoms with Gasteiger partial charge in [-0.25, -0.2) is 4.39 Å². The second kappa shape index (κ2) is 7.27. The molecule has 0 aliphatic heterocycles. The SMILES string of the molecule is CCCOC(=O)CCC(=O)c1ccc(F)c(C#N)c1. The van der Waals surface area contributed by atoms with Gasteiger partial charge < -0.3 is 4.74 Å². The zero-order chi connectivity index (χ0) is 14.3. The van der Waals surface area contributed by atoms with Gasteiger partial charge in [0.2, 0.25) is 0 Å². The molecule has 0 unspecified atom stereocenters. The third-order valence-corrected chi connectivity index (χ3v) is 2.43. The van der Waals surface area contributed by atoms with Crippen LogP contribution < -0.4 is 0 Å². The van der Waals surface area contributed by atoms with Crippen molar-refractivity contribution in [1.82, 2.24) is 0 Å². The molecule has 0 saturated carbocycles. The maximum absolute atomic E-state index is 13.1. The van der Waals surface area contributed by atoms with Crippen molar-refractivity contribution in [2.75, 3.05) is 6.61 Å². The van der Waals surface area contributed by atoms with Crippen LogP contribution in [0.2, 0.25) is 0 Å². The highest BCUT2D eigenvalue weighted by Gasteiger charge is 2.12. The summed E-state index contributed by atoms with van der Waals surface area (Å²) in [5.74, 6) is -1.41. The lowest BCUT2D eigenvalue weighted by Gasteiger charge is -2.03. The minimum atomic E-state index is -0.665. The highest BCUT2D eigenvalue weighted by Crippen LogP contribution is 2.12. The molecule has 0 aliphatic rings. The first-order chi connectivity index (χ1) is 9.08. The summed E-state index contributed by atoms with van der Waals surface area (Å²) >= 11 is 0. The number of hydrogen-bond donors (Lipinski definition) is 0. The van der Waals surface area contributed by atoms with Gasteiger partial charge in [0.25, 0.3) is 0 Å². The summed E-state index contributed by atoms with van der Waals surface area (Å²) in [5.41, 5.74) is 0.0423. The van der Waals surface area contributed by atoms with E-state index in [9.17, 15) is 14.0 Å². The number of hydrogen-bond acceptors (Lipinski definition) is 4. The van der Waals surface area contributed by atoms with E-state index in [0.29, 0.717) is 6.61 Å². The van der Waals surface area contributed by atoms with Gasteiger partial charge in [0.1, 0.15) is 11.9 Å². The minimum Gasteiger partial charge on any atom is -0.466 e. The minimum absolute atomic E-state index is 0.0148. The fourth-order valence-corrected chi connectivity index (χ4v) is 1.43. The summed E-state index contributed by atoms with van der Waals surface area (Å²) in [5, 5.41) is 8.66. The fourth-order valence-electron chi connectivity index (χ4n) is 1.43. The Labute approximate surface area is 110 Å². The van der Waals surface area contributed by atoms with Crippen LogP contribution >= 0.6 is 0 Å². The predicted octanol–water partition coefficient (Wildman–Crippen LogP) is 2.61. The van der Waals surface area contributed by atoms with Crippen molar-refractivity contribution in [2.24, 2.45) is 0 Å². The molecule has 0 saturated heterocycles. The van der Waals surface area contributed by atoms with Gasteiger partial charge in [-0.05, 0) is 24.6 Å². The van der Waals surface area contributed by atoms with Crippen LogP contribution in [0, 0.1) is 17.1 Å². The molecule has 0 fully saturated rings. The molecule has 0 aromatic heterocycles. The Morgan fingerprint density at radius 2 is 2.11 bits per heavy atom. The second-order valence-electron chi connectivity index (χ2n) is 3.95. The maximum Gasteiger partial charge on any atom is 0.306 e. The molecule has 0 spiro atoms. The molecule has 4 nitrogen and oxygen atoms in total. The third-order valence-electron chi connectivity index (χ3n) is 2.43. The average molecular weight is 263 g/mol. The van der Waals surface area contributed by atoms with E-state index < -0.39 is 11.8 Å². The number of nitrogens with zero attached hydrogens (tertiary/aromatic N) is 1. The number of halogens is 1. The first-order valence-electron chi connectivity index (χ1n) is 5.97. The molecule has 5 heteroatoms. The van der Waals surface area contributed by atoms with E-state index in [-0.39, 0.29) is 29.8 Å². The quantitative estimate of drug-likeness (QED) is 0.584. The maximum atomic E-state index is 13.1. The monoisotopic (exact) mass is 263 g/mol. The normalized spacial score (nSPS) is 9.74. The summed E-state index contributed by atoms with van der Waals surface area (Å²) in [6, 6.07) is 5.23. The smallest absolute Gasteiger partial charge is 0.306 e. The summed E-state index contributed by atoms with van der Waals surface area (Å²) in [7, 11) is 0. The van der Waals surface area contributed by atoms with Gasteiger partial charge in [-0.2, -0.15) is 5.26 Å². The first kappa shape index (κ1) is 14.8. The molecule has 19 heavy (non-hydrogen) atoms. The molecule has 0 amide bonds. The molecule has 0 aliphatic carbocycles. The van der Waals surface area contributed by atoms with Gasteiger partial charge in [-0.15, -0.1) is 0 Å². The Kier molecular flexibility index (Phi) is 5.68. The number of ether oxygens (including phenoxy) is 1. The Hall–Kier alpha value is -2.22. The largest absolute Gasteiger partial charge is 0.466 e. The van der Waals surface area contributed by atoms with Gasteiger partial charge >= 0.3 is 5.97 Å². The lowest BCUT2D eigenvalue weighted by Crippen LogP contribution is -2.09. The Morgan fingerprint density at radius 1 is 1.37 bits per heavy atom. The Morgan fingerprint density at radius 3 is 2.74 bits per heavy atom. The van der Waals surface area contributed by atoms with Gasteiger partial charge in [-0.3, -0.25) is 9.59 Å². The summed E-state index contributed by atoms with van der Waals surface area (Å²) in [6.45, 7) is 2.21. The molecule has 1 aromatic rings. The van der Waals surface area contributed by atoms with Crippen LogP contribution in [0.5, 0.6) is 0 Å². The highest BCUT2D eigenvalue weighted by molar-refractivity contribution is 5.97. The molecular formula is C14H14FNO3. The molecule has 0 bridgehead atoms. The van der Waals surface area contributed by atoms with Crippen molar-refractivity contribution in [2.45, 2.75) is 26.2 Å². The molecular weight excluding hydrogens is 249 g/mol. The van der Waals surface area contributed by atoms with Crippen molar-refractivity contribution < 1.29 is 18.7 Å². The van der Waals surface area contributed by atoms with Gasteiger partial charge in [0.15, 0.2) is 5.78 Å². The van der Waals surface area contributed by atoms with Gasteiger partial charge in [0.05, 0.1) is 18.6 Å². The van der Waals surface area contributed by atoms with E-state index >= 15 is 0 Å². The number of carbonyl (C=O) groups is 2. The molecule has 0 radical (unpaired) electrons. The third kappa shape index (κ3) is 4.51. The van der Waals surface area contributed by atoms with Crippen LogP contribution in [0.4, 0.5) is 4.39 Å². The number of carbonyl (C=O) groups excluding carboxylic acids is 2. The van der Waals surface area contributed by atoms with E-state index in [2.05, 4.69) is 0 Å². The van der Waals surface area contributed by atoms with Crippen molar-refractivity contribution in [1.29, 1.82) is 5.26 Å². The van der Waals surface area contributed by atoms with Crippen molar-refractivity contribution in [3.63, 3.8) is 0 Å². The standard InChI is InChI=1S/C14H14FNO3/c1-2-7-19-14(18)6-5-13(17)10-3-4-12(15)11(8-10)9-16/h3-4,8H,2,5-7H2,1H3. The fraction of sp³-hybridized carbons (Fsp3) is 0.357. The van der Waals surface area contributed by atoms with Crippen molar-refractivity contribution >= 4 is 11.8 Å². The van der Waals surface area contributed by atoms with Gasteiger partial charge in [0, 0.05) is 12.0 Å². The van der Waals surface area contributed by atoms with Crippen LogP contribution in [0.15, 0.2) is 18.2 Å². The molecule has 100 valence electrons. The number of esters is 1. The van der Waals surface area contributed by atoms with Crippen LogP contribution in [0.25, 0.3) is 0 Å². The van der Waals surface area contributed by atoms with E-state index in [1.165, 1.54) is 12.1 Å². The number of rotatable bonds is 6. The van der Waals surface area contributed by atoms with Gasteiger partial charge in [-0.1, -0.05) is 6.92 Å². The lowest BCUT2D eigenvalue weighted by atomic mass is 10.0. The number of ketones is 1. The Bertz CT molecular complexity index is 520. The van der Waals surface area contributed by atoms with Crippen LogP contribution in [0.3, 0.4) is 0 Å². The highest BCUT2D eigenvalue weighted by atomic mass is 19.1. The summed E-state index contributed by atoms with van der Waals surface area (Å²) in [6.07, 6.45) is 0.695. The van der Waals surface area contributed by atoms with Crippen LogP contribution in [-0.4, -0.2) is 18.4 Å². The van der Waals surface area contributed by atoms with E-state index in [1.807, 2.05) is 6.92 Å². The van der Waals surface area contributed by atoms with Crippen molar-refractivity contribution in [3.8, 4) is 6.07 Å². The number of Topliss-reactive ketones (excluding diaryl/α,β-unsaturated/α-hetero) is 1. The predicted molar refractivity (Wildman–Crippen MR) is 65.9 cm³/mol. The summed E-state index contributed by atoms with van der Waals surface area (Å²) < 4.78 is 17.9. The van der Waals surface area contributed by atoms with E-state index in [0.717, 1.165) is 12.5 Å². The summed E-state index contributed by atoms with van der Waals surface area (Å²) in [4.78, 5) is 23.0. The first-order valence-corrected chi connectivity index (χ1v) is 5.97. The molecule has 0 atom stereocenters. The molecule has 1 aromatic carbocycles. The number of benzene rings is 1. The molecule has 1 rings (SSSR count). The molecule has 0 heterocycles. The van der Waals surface area contributed by atoms with Crippen molar-refractivity contribution in [3.05, 3.63) is 35.1 Å². The van der Waals surface area contributed by atoms with Crippen LogP contribution in [0.1, 0.15) is 42.1 Å². The van der Waals surface area contributed by atoms with E-state index in [4.69, 9.17) is 10.00 Å². The average Bonchev–Trinajstić information content (AvgIpc) is 2.42. The topological polar surface area (TPSA) is 67.2 Å². The van der Waals surface area contributed by atoms with Crippen LogP contribution in [-0.2, 0) is 9.53 Å².